The number of rotatable bonds is 4. The lowest BCUT2D eigenvalue weighted by Crippen LogP contribution is -2.43. The molecule has 3 rings (SSSR count). The summed E-state index contributed by atoms with van der Waals surface area (Å²) < 4.78 is 5.71. The van der Waals surface area contributed by atoms with Crippen molar-refractivity contribution in [2.24, 2.45) is 11.7 Å². The zero-order valence-electron chi connectivity index (χ0n) is 14.4. The highest BCUT2D eigenvalue weighted by Crippen LogP contribution is 2.26. The Bertz CT molecular complexity index is 665. The number of halogens is 2. The Kier molecular flexibility index (Phi) is 8.41. The van der Waals surface area contributed by atoms with E-state index in [0.29, 0.717) is 18.2 Å². The normalized spacial score (nSPS) is 16.0. The number of aryl methyl sites for hydroxylation is 1. The predicted molar refractivity (Wildman–Crippen MR) is 106 cm³/mol. The van der Waals surface area contributed by atoms with Gasteiger partial charge in [-0.1, -0.05) is 6.07 Å². The number of likely N-dealkylation sites (tertiary alicyclic amines) is 1. The van der Waals surface area contributed by atoms with Crippen LogP contribution in [0.5, 0.6) is 0 Å². The molecule has 1 fully saturated rings. The minimum absolute atomic E-state index is 0. The van der Waals surface area contributed by atoms with Crippen LogP contribution in [0, 0.1) is 12.8 Å². The van der Waals surface area contributed by atoms with Gasteiger partial charge in [-0.25, -0.2) is 4.98 Å². The number of aromatic nitrogens is 1. The zero-order valence-corrected chi connectivity index (χ0v) is 16.9. The van der Waals surface area contributed by atoms with Gasteiger partial charge in [0.05, 0.1) is 17.0 Å². The van der Waals surface area contributed by atoms with Crippen molar-refractivity contribution in [1.29, 1.82) is 0 Å². The summed E-state index contributed by atoms with van der Waals surface area (Å²) in [6.45, 7) is 5.50. The molecule has 140 valence electrons. The van der Waals surface area contributed by atoms with Gasteiger partial charge in [0.15, 0.2) is 0 Å². The molecule has 1 saturated heterocycles. The second-order valence-corrected chi connectivity index (χ2v) is 7.20. The maximum absolute atomic E-state index is 12.5. The van der Waals surface area contributed by atoms with E-state index in [1.54, 1.807) is 11.3 Å². The SMILES string of the molecule is Cc1oc(-c2cccs2)nc1CC(=O)N1CCC(C(C)N)CC1.Cl.Cl. The molecule has 25 heavy (non-hydrogen) atoms. The van der Waals surface area contributed by atoms with Crippen LogP contribution >= 0.6 is 36.2 Å². The van der Waals surface area contributed by atoms with Crippen LogP contribution < -0.4 is 5.73 Å². The predicted octanol–water partition coefficient (Wildman–Crippen LogP) is 3.68. The minimum atomic E-state index is 0. The molecule has 1 aliphatic heterocycles. The van der Waals surface area contributed by atoms with E-state index in [1.165, 1.54) is 0 Å². The molecule has 3 heterocycles. The Morgan fingerprint density at radius 2 is 2.12 bits per heavy atom. The average Bonchev–Trinajstić information content (AvgIpc) is 3.18. The van der Waals surface area contributed by atoms with Crippen molar-refractivity contribution in [3.05, 3.63) is 29.0 Å². The Morgan fingerprint density at radius 1 is 1.44 bits per heavy atom. The fourth-order valence-electron chi connectivity index (χ4n) is 3.03. The molecule has 2 N–H and O–H groups in total. The van der Waals surface area contributed by atoms with Gasteiger partial charge in [0.2, 0.25) is 11.8 Å². The molecular formula is C17H25Cl2N3O2S. The number of nitrogens with zero attached hydrogens (tertiary/aromatic N) is 2. The maximum Gasteiger partial charge on any atom is 0.236 e. The van der Waals surface area contributed by atoms with E-state index >= 15 is 0 Å². The highest BCUT2D eigenvalue weighted by atomic mass is 35.5. The number of oxazole rings is 1. The van der Waals surface area contributed by atoms with Crippen LogP contribution in [0.2, 0.25) is 0 Å². The lowest BCUT2D eigenvalue weighted by molar-refractivity contribution is -0.132. The Labute approximate surface area is 164 Å². The second-order valence-electron chi connectivity index (χ2n) is 6.25. The topological polar surface area (TPSA) is 72.4 Å². The second kappa shape index (κ2) is 9.57. The molecule has 0 bridgehead atoms. The van der Waals surface area contributed by atoms with Crippen LogP contribution in [0.1, 0.15) is 31.2 Å². The average molecular weight is 406 g/mol. The summed E-state index contributed by atoms with van der Waals surface area (Å²) in [5, 5.41) is 1.99. The van der Waals surface area contributed by atoms with Gasteiger partial charge in [-0.3, -0.25) is 4.79 Å². The summed E-state index contributed by atoms with van der Waals surface area (Å²) in [5.74, 6) is 1.99. The number of piperidine rings is 1. The van der Waals surface area contributed by atoms with Gasteiger partial charge in [0.25, 0.3) is 0 Å². The van der Waals surface area contributed by atoms with Crippen molar-refractivity contribution in [3.8, 4) is 10.8 Å². The Balaban J connectivity index is 0.00000156. The number of carbonyl (C=O) groups excluding carboxylic acids is 1. The van der Waals surface area contributed by atoms with Crippen molar-refractivity contribution in [2.45, 2.75) is 39.2 Å². The van der Waals surface area contributed by atoms with Crippen molar-refractivity contribution < 1.29 is 9.21 Å². The van der Waals surface area contributed by atoms with Gasteiger partial charge in [-0.15, -0.1) is 36.2 Å². The highest BCUT2D eigenvalue weighted by Gasteiger charge is 2.26. The maximum atomic E-state index is 12.5. The Morgan fingerprint density at radius 3 is 2.68 bits per heavy atom. The molecule has 1 aliphatic rings. The van der Waals surface area contributed by atoms with Gasteiger partial charge in [-0.2, -0.15) is 0 Å². The van der Waals surface area contributed by atoms with Crippen LogP contribution in [0.25, 0.3) is 10.8 Å². The van der Waals surface area contributed by atoms with E-state index in [-0.39, 0.29) is 36.8 Å². The molecule has 2 aromatic heterocycles. The fourth-order valence-corrected chi connectivity index (χ4v) is 3.68. The first-order chi connectivity index (χ1) is 11.0. The molecule has 5 nitrogen and oxygen atoms in total. The number of thiophene rings is 1. The standard InChI is InChI=1S/C17H23N3O2S.2ClH/c1-11(18)13-5-7-20(8-6-13)16(21)10-14-12(2)22-17(19-14)15-4-3-9-23-15;;/h3-4,9,11,13H,5-8,10,18H2,1-2H3;2*1H. The molecule has 0 aromatic carbocycles. The fraction of sp³-hybridized carbons (Fsp3) is 0.529. The molecule has 1 amide bonds. The monoisotopic (exact) mass is 405 g/mol. The number of hydrogen-bond acceptors (Lipinski definition) is 5. The highest BCUT2D eigenvalue weighted by molar-refractivity contribution is 7.13. The van der Waals surface area contributed by atoms with Crippen LogP contribution in [-0.4, -0.2) is 34.9 Å². The number of hydrogen-bond donors (Lipinski definition) is 1. The molecule has 0 saturated carbocycles. The molecule has 1 unspecified atom stereocenters. The van der Waals surface area contributed by atoms with Crippen LogP contribution in [-0.2, 0) is 11.2 Å². The number of carbonyl (C=O) groups is 1. The molecule has 0 spiro atoms. The molecule has 0 radical (unpaired) electrons. The summed E-state index contributed by atoms with van der Waals surface area (Å²) in [7, 11) is 0. The van der Waals surface area contributed by atoms with E-state index in [4.69, 9.17) is 10.2 Å². The van der Waals surface area contributed by atoms with E-state index in [9.17, 15) is 4.79 Å². The Hall–Kier alpha value is -1.08. The summed E-state index contributed by atoms with van der Waals surface area (Å²) in [6, 6.07) is 4.14. The minimum Gasteiger partial charge on any atom is -0.440 e. The van der Waals surface area contributed by atoms with Gasteiger partial charge < -0.3 is 15.1 Å². The lowest BCUT2D eigenvalue weighted by atomic mass is 9.91. The van der Waals surface area contributed by atoms with E-state index < -0.39 is 0 Å². The van der Waals surface area contributed by atoms with E-state index in [2.05, 4.69) is 4.98 Å². The third kappa shape index (κ3) is 5.20. The first-order valence-electron chi connectivity index (χ1n) is 8.08. The summed E-state index contributed by atoms with van der Waals surface area (Å²) in [6.07, 6.45) is 2.28. The number of amides is 1. The van der Waals surface area contributed by atoms with Crippen LogP contribution in [0.3, 0.4) is 0 Å². The zero-order chi connectivity index (χ0) is 16.4. The van der Waals surface area contributed by atoms with Gasteiger partial charge in [0.1, 0.15) is 5.76 Å². The summed E-state index contributed by atoms with van der Waals surface area (Å²) in [4.78, 5) is 19.9. The van der Waals surface area contributed by atoms with Crippen LogP contribution in [0.4, 0.5) is 0 Å². The third-order valence-electron chi connectivity index (χ3n) is 4.58. The lowest BCUT2D eigenvalue weighted by Gasteiger charge is -2.33. The van der Waals surface area contributed by atoms with Gasteiger partial charge in [0, 0.05) is 19.1 Å². The van der Waals surface area contributed by atoms with Crippen molar-refractivity contribution in [3.63, 3.8) is 0 Å². The molecular weight excluding hydrogens is 381 g/mol. The largest absolute Gasteiger partial charge is 0.440 e. The molecule has 0 aliphatic carbocycles. The van der Waals surface area contributed by atoms with Crippen LogP contribution in [0.15, 0.2) is 21.9 Å². The first kappa shape index (κ1) is 22.0. The summed E-state index contributed by atoms with van der Waals surface area (Å²) >= 11 is 1.58. The van der Waals surface area contributed by atoms with Crippen molar-refractivity contribution in [2.75, 3.05) is 13.1 Å². The molecule has 8 heteroatoms. The van der Waals surface area contributed by atoms with Crippen molar-refractivity contribution in [1.82, 2.24) is 9.88 Å². The molecule has 1 atom stereocenters. The van der Waals surface area contributed by atoms with Gasteiger partial charge >= 0.3 is 0 Å². The first-order valence-corrected chi connectivity index (χ1v) is 8.96. The molecule has 2 aromatic rings. The summed E-state index contributed by atoms with van der Waals surface area (Å²) in [5.41, 5.74) is 6.70. The van der Waals surface area contributed by atoms with Crippen molar-refractivity contribution >= 4 is 42.1 Å². The van der Waals surface area contributed by atoms with E-state index in [1.807, 2.05) is 36.3 Å². The van der Waals surface area contributed by atoms with E-state index in [0.717, 1.165) is 42.3 Å². The number of nitrogens with two attached hydrogens (primary N) is 1. The van der Waals surface area contributed by atoms with Gasteiger partial charge in [-0.05, 0) is 44.1 Å². The quantitative estimate of drug-likeness (QED) is 0.841. The smallest absolute Gasteiger partial charge is 0.236 e. The third-order valence-corrected chi connectivity index (χ3v) is 5.44.